The molecule has 0 fully saturated rings. The van der Waals surface area contributed by atoms with Crippen LogP contribution < -0.4 is 5.32 Å². The molecule has 0 amide bonds. The van der Waals surface area contributed by atoms with Gasteiger partial charge in [0.1, 0.15) is 5.82 Å². The first-order valence-electron chi connectivity index (χ1n) is 6.16. The summed E-state index contributed by atoms with van der Waals surface area (Å²) in [6.07, 6.45) is -0.472. The standard InChI is InChI=1S/C13H20BrFN2O/c1-3-17(4-2)9-11(18)8-16-13-7-10(15)5-6-12(13)14/h5-7,11,16,18H,3-4,8-9H2,1-2H3. The number of nitrogens with one attached hydrogen (secondary N) is 1. The number of aliphatic hydroxyl groups excluding tert-OH is 1. The molecule has 0 spiro atoms. The lowest BCUT2D eigenvalue weighted by Gasteiger charge is -2.22. The van der Waals surface area contributed by atoms with Crippen LogP contribution in [0.1, 0.15) is 13.8 Å². The lowest BCUT2D eigenvalue weighted by molar-refractivity contribution is 0.128. The zero-order chi connectivity index (χ0) is 13.5. The third-order valence-electron chi connectivity index (χ3n) is 2.82. The first kappa shape index (κ1) is 15.4. The third kappa shape index (κ3) is 4.92. The van der Waals surface area contributed by atoms with E-state index < -0.39 is 6.10 Å². The summed E-state index contributed by atoms with van der Waals surface area (Å²) in [4.78, 5) is 2.15. The summed E-state index contributed by atoms with van der Waals surface area (Å²) in [5.74, 6) is -0.293. The van der Waals surface area contributed by atoms with Gasteiger partial charge in [0.15, 0.2) is 0 Å². The number of hydrogen-bond donors (Lipinski definition) is 2. The topological polar surface area (TPSA) is 35.5 Å². The van der Waals surface area contributed by atoms with Crippen molar-refractivity contribution in [2.75, 3.05) is 31.5 Å². The zero-order valence-corrected chi connectivity index (χ0v) is 12.4. The first-order chi connectivity index (χ1) is 8.56. The quantitative estimate of drug-likeness (QED) is 0.811. The largest absolute Gasteiger partial charge is 0.390 e. The Morgan fingerprint density at radius 2 is 2.06 bits per heavy atom. The molecule has 0 saturated heterocycles. The summed E-state index contributed by atoms with van der Waals surface area (Å²) in [5, 5.41) is 12.9. The van der Waals surface area contributed by atoms with Gasteiger partial charge in [0.25, 0.3) is 0 Å². The Balaban J connectivity index is 2.46. The van der Waals surface area contributed by atoms with Crippen LogP contribution in [0, 0.1) is 5.82 Å². The van der Waals surface area contributed by atoms with Crippen molar-refractivity contribution in [3.05, 3.63) is 28.5 Å². The van der Waals surface area contributed by atoms with E-state index in [-0.39, 0.29) is 5.82 Å². The van der Waals surface area contributed by atoms with Crippen molar-refractivity contribution in [3.63, 3.8) is 0 Å². The molecule has 0 aliphatic carbocycles. The molecule has 18 heavy (non-hydrogen) atoms. The van der Waals surface area contributed by atoms with Crippen LogP contribution in [0.15, 0.2) is 22.7 Å². The maximum atomic E-state index is 13.1. The maximum Gasteiger partial charge on any atom is 0.125 e. The molecule has 0 radical (unpaired) electrons. The normalized spacial score (nSPS) is 12.8. The Morgan fingerprint density at radius 3 is 2.67 bits per heavy atom. The third-order valence-corrected chi connectivity index (χ3v) is 3.51. The van der Waals surface area contributed by atoms with E-state index >= 15 is 0 Å². The van der Waals surface area contributed by atoms with Gasteiger partial charge in [-0.1, -0.05) is 13.8 Å². The molecular weight excluding hydrogens is 299 g/mol. The van der Waals surface area contributed by atoms with Crippen LogP contribution in [0.4, 0.5) is 10.1 Å². The Kier molecular flexibility index (Phi) is 6.60. The molecule has 2 N–H and O–H groups in total. The van der Waals surface area contributed by atoms with Crippen molar-refractivity contribution < 1.29 is 9.50 Å². The van der Waals surface area contributed by atoms with E-state index in [2.05, 4.69) is 40.0 Å². The molecule has 3 nitrogen and oxygen atoms in total. The number of anilines is 1. The van der Waals surface area contributed by atoms with Gasteiger partial charge in [-0.3, -0.25) is 0 Å². The number of rotatable bonds is 7. The van der Waals surface area contributed by atoms with Crippen LogP contribution >= 0.6 is 15.9 Å². The highest BCUT2D eigenvalue weighted by Gasteiger charge is 2.09. The van der Waals surface area contributed by atoms with Gasteiger partial charge in [0.2, 0.25) is 0 Å². The summed E-state index contributed by atoms with van der Waals surface area (Å²) < 4.78 is 13.9. The molecule has 102 valence electrons. The molecule has 1 aromatic carbocycles. The van der Waals surface area contributed by atoms with Gasteiger partial charge in [-0.2, -0.15) is 0 Å². The van der Waals surface area contributed by atoms with Crippen molar-refractivity contribution in [1.29, 1.82) is 0 Å². The van der Waals surface area contributed by atoms with Gasteiger partial charge in [0, 0.05) is 17.6 Å². The SMILES string of the molecule is CCN(CC)CC(O)CNc1cc(F)ccc1Br. The van der Waals surface area contributed by atoms with Crippen LogP contribution in [-0.4, -0.2) is 42.3 Å². The molecule has 1 unspecified atom stereocenters. The average molecular weight is 319 g/mol. The summed E-state index contributed by atoms with van der Waals surface area (Å²) in [7, 11) is 0. The number of likely N-dealkylation sites (N-methyl/N-ethyl adjacent to an activating group) is 1. The van der Waals surface area contributed by atoms with Crippen LogP contribution in [0.2, 0.25) is 0 Å². The number of hydrogen-bond acceptors (Lipinski definition) is 3. The summed E-state index contributed by atoms with van der Waals surface area (Å²) >= 11 is 3.34. The summed E-state index contributed by atoms with van der Waals surface area (Å²) in [5.41, 5.74) is 0.661. The average Bonchev–Trinajstić information content (AvgIpc) is 2.37. The van der Waals surface area contributed by atoms with Crippen LogP contribution in [0.3, 0.4) is 0 Å². The Hall–Kier alpha value is -0.650. The number of nitrogens with zero attached hydrogens (tertiary/aromatic N) is 1. The second-order valence-electron chi connectivity index (χ2n) is 4.14. The number of aliphatic hydroxyl groups is 1. The maximum absolute atomic E-state index is 13.1. The van der Waals surface area contributed by atoms with Crippen LogP contribution in [0.5, 0.6) is 0 Å². The monoisotopic (exact) mass is 318 g/mol. The van der Waals surface area contributed by atoms with Gasteiger partial charge in [0.05, 0.1) is 11.8 Å². The summed E-state index contributed by atoms with van der Waals surface area (Å²) in [6.45, 7) is 6.97. The molecule has 0 aromatic heterocycles. The first-order valence-corrected chi connectivity index (χ1v) is 6.95. The van der Waals surface area contributed by atoms with E-state index in [1.807, 2.05) is 0 Å². The van der Waals surface area contributed by atoms with Crippen molar-refractivity contribution in [1.82, 2.24) is 4.90 Å². The molecule has 0 aliphatic heterocycles. The molecule has 0 aliphatic rings. The fourth-order valence-electron chi connectivity index (χ4n) is 1.71. The highest BCUT2D eigenvalue weighted by atomic mass is 79.9. The Labute approximate surface area is 116 Å². The van der Waals surface area contributed by atoms with E-state index in [1.165, 1.54) is 12.1 Å². The molecule has 0 bridgehead atoms. The smallest absolute Gasteiger partial charge is 0.125 e. The molecule has 1 aromatic rings. The fourth-order valence-corrected chi connectivity index (χ4v) is 2.09. The number of benzene rings is 1. The molecule has 1 rings (SSSR count). The molecular formula is C13H20BrFN2O. The minimum Gasteiger partial charge on any atom is -0.390 e. The van der Waals surface area contributed by atoms with E-state index in [9.17, 15) is 9.50 Å². The molecule has 5 heteroatoms. The van der Waals surface area contributed by atoms with E-state index in [0.717, 1.165) is 17.6 Å². The predicted molar refractivity (Wildman–Crippen MR) is 76.4 cm³/mol. The lowest BCUT2D eigenvalue weighted by Crippen LogP contribution is -2.35. The van der Waals surface area contributed by atoms with Crippen molar-refractivity contribution in [3.8, 4) is 0 Å². The molecule has 0 saturated carbocycles. The van der Waals surface area contributed by atoms with E-state index in [1.54, 1.807) is 6.07 Å². The number of halogens is 2. The lowest BCUT2D eigenvalue weighted by atomic mass is 10.2. The van der Waals surface area contributed by atoms with Gasteiger partial charge in [-0.15, -0.1) is 0 Å². The summed E-state index contributed by atoms with van der Waals surface area (Å²) in [6, 6.07) is 4.45. The van der Waals surface area contributed by atoms with Gasteiger partial charge in [-0.25, -0.2) is 4.39 Å². The fraction of sp³-hybridized carbons (Fsp3) is 0.538. The molecule has 0 heterocycles. The van der Waals surface area contributed by atoms with Crippen molar-refractivity contribution >= 4 is 21.6 Å². The second-order valence-corrected chi connectivity index (χ2v) is 5.00. The van der Waals surface area contributed by atoms with Gasteiger partial charge >= 0.3 is 0 Å². The van der Waals surface area contributed by atoms with Crippen LogP contribution in [-0.2, 0) is 0 Å². The van der Waals surface area contributed by atoms with Gasteiger partial charge in [-0.05, 0) is 47.2 Å². The highest BCUT2D eigenvalue weighted by molar-refractivity contribution is 9.10. The van der Waals surface area contributed by atoms with E-state index in [0.29, 0.717) is 18.8 Å². The van der Waals surface area contributed by atoms with Crippen molar-refractivity contribution in [2.45, 2.75) is 20.0 Å². The minimum absolute atomic E-state index is 0.293. The predicted octanol–water partition coefficient (Wildman–Crippen LogP) is 2.70. The van der Waals surface area contributed by atoms with E-state index in [4.69, 9.17) is 0 Å². The Morgan fingerprint density at radius 1 is 1.39 bits per heavy atom. The Bertz CT molecular complexity index is 372. The highest BCUT2D eigenvalue weighted by Crippen LogP contribution is 2.22. The molecule has 1 atom stereocenters. The minimum atomic E-state index is -0.472. The van der Waals surface area contributed by atoms with Gasteiger partial charge < -0.3 is 15.3 Å². The second kappa shape index (κ2) is 7.71. The van der Waals surface area contributed by atoms with Crippen LogP contribution in [0.25, 0.3) is 0 Å². The van der Waals surface area contributed by atoms with Crippen molar-refractivity contribution in [2.24, 2.45) is 0 Å². The zero-order valence-electron chi connectivity index (χ0n) is 10.8.